The zero-order valence-corrected chi connectivity index (χ0v) is 17.5. The van der Waals surface area contributed by atoms with Crippen LogP contribution in [0.15, 0.2) is 54.6 Å². The molecule has 160 valence electrons. The van der Waals surface area contributed by atoms with Gasteiger partial charge in [-0.25, -0.2) is 4.68 Å². The van der Waals surface area contributed by atoms with Crippen molar-refractivity contribution in [2.75, 3.05) is 20.2 Å². The molecule has 0 atom stereocenters. The van der Waals surface area contributed by atoms with Crippen molar-refractivity contribution < 1.29 is 14.5 Å². The third-order valence-corrected chi connectivity index (χ3v) is 5.67. The Labute approximate surface area is 180 Å². The zero-order chi connectivity index (χ0) is 22.0. The summed E-state index contributed by atoms with van der Waals surface area (Å²) in [5.74, 6) is 1.20. The van der Waals surface area contributed by atoms with E-state index >= 15 is 0 Å². The van der Waals surface area contributed by atoms with E-state index in [9.17, 15) is 14.9 Å². The zero-order valence-electron chi connectivity index (χ0n) is 17.5. The highest BCUT2D eigenvalue weighted by molar-refractivity contribution is 5.94. The van der Waals surface area contributed by atoms with Crippen LogP contribution in [0.2, 0.25) is 0 Å². The number of nitro benzene ring substituents is 1. The Balaban J connectivity index is 1.77. The first-order valence-electron chi connectivity index (χ1n) is 10.2. The van der Waals surface area contributed by atoms with E-state index in [1.165, 1.54) is 16.8 Å². The van der Waals surface area contributed by atoms with Crippen molar-refractivity contribution in [1.29, 1.82) is 0 Å². The molecule has 4 rings (SSSR count). The van der Waals surface area contributed by atoms with E-state index < -0.39 is 4.92 Å². The molecule has 0 saturated carbocycles. The number of amides is 1. The number of nitro groups is 1. The van der Waals surface area contributed by atoms with Gasteiger partial charge in [0.05, 0.1) is 23.4 Å². The highest BCUT2D eigenvalue weighted by Crippen LogP contribution is 2.27. The number of non-ortho nitro benzene ring substituents is 1. The molecule has 0 unspecified atom stereocenters. The summed E-state index contributed by atoms with van der Waals surface area (Å²) in [6.45, 7) is 3.58. The second kappa shape index (κ2) is 8.59. The van der Waals surface area contributed by atoms with E-state index in [-0.39, 0.29) is 11.6 Å². The Hall–Kier alpha value is -3.68. The van der Waals surface area contributed by atoms with Gasteiger partial charge in [-0.05, 0) is 55.2 Å². The van der Waals surface area contributed by atoms with E-state index in [4.69, 9.17) is 4.74 Å². The first kappa shape index (κ1) is 20.6. The number of hydrogen-bond acceptors (Lipinski definition) is 5. The molecular formula is C23H24N4O4. The molecule has 1 saturated heterocycles. The molecule has 8 nitrogen and oxygen atoms in total. The molecule has 0 bridgehead atoms. The Morgan fingerprint density at radius 1 is 1.13 bits per heavy atom. The van der Waals surface area contributed by atoms with Gasteiger partial charge in [0.2, 0.25) is 0 Å². The van der Waals surface area contributed by atoms with E-state index in [0.29, 0.717) is 36.1 Å². The van der Waals surface area contributed by atoms with E-state index in [1.54, 1.807) is 25.3 Å². The molecule has 0 aliphatic carbocycles. The van der Waals surface area contributed by atoms with Crippen molar-refractivity contribution in [3.63, 3.8) is 0 Å². The maximum Gasteiger partial charge on any atom is 0.272 e. The largest absolute Gasteiger partial charge is 0.497 e. The number of ether oxygens (including phenoxy) is 1. The lowest BCUT2D eigenvalue weighted by Crippen LogP contribution is -2.38. The van der Waals surface area contributed by atoms with Gasteiger partial charge in [0, 0.05) is 30.8 Å². The summed E-state index contributed by atoms with van der Waals surface area (Å²) in [6, 6.07) is 15.3. The topological polar surface area (TPSA) is 90.5 Å². The number of likely N-dealkylation sites (tertiary alicyclic amines) is 1. The van der Waals surface area contributed by atoms with E-state index in [0.717, 1.165) is 24.2 Å². The number of aromatic nitrogens is 2. The standard InChI is InChI=1S/C23H24N4O4/c1-16-10-12-25(13-11-16)23(28)22-15-21(17-6-8-20(31-2)9-7-17)24-26(22)18-4-3-5-19(14-18)27(29)30/h3-9,14-16H,10-13H2,1-2H3. The summed E-state index contributed by atoms with van der Waals surface area (Å²) in [6.07, 6.45) is 1.92. The average molecular weight is 420 g/mol. The second-order valence-corrected chi connectivity index (χ2v) is 7.81. The predicted octanol–water partition coefficient (Wildman–Crippen LogP) is 4.33. The molecule has 8 heteroatoms. The van der Waals surface area contributed by atoms with E-state index in [2.05, 4.69) is 12.0 Å². The molecule has 2 heterocycles. The minimum Gasteiger partial charge on any atom is -0.497 e. The van der Waals surface area contributed by atoms with Gasteiger partial charge in [-0.1, -0.05) is 13.0 Å². The highest BCUT2D eigenvalue weighted by Gasteiger charge is 2.26. The molecule has 0 radical (unpaired) electrons. The van der Waals surface area contributed by atoms with Gasteiger partial charge >= 0.3 is 0 Å². The van der Waals surface area contributed by atoms with Crippen LogP contribution in [0.4, 0.5) is 5.69 Å². The van der Waals surface area contributed by atoms with Crippen LogP contribution in [0.25, 0.3) is 16.9 Å². The molecular weight excluding hydrogens is 396 g/mol. The van der Waals surface area contributed by atoms with Gasteiger partial charge in [-0.2, -0.15) is 5.10 Å². The molecule has 1 aromatic heterocycles. The van der Waals surface area contributed by atoms with Crippen LogP contribution in [-0.4, -0.2) is 45.7 Å². The molecule has 1 fully saturated rings. The van der Waals surface area contributed by atoms with Crippen LogP contribution in [0.1, 0.15) is 30.3 Å². The Kier molecular flexibility index (Phi) is 5.70. The molecule has 31 heavy (non-hydrogen) atoms. The predicted molar refractivity (Wildman–Crippen MR) is 117 cm³/mol. The first-order chi connectivity index (χ1) is 15.0. The minimum atomic E-state index is -0.453. The minimum absolute atomic E-state index is 0.0517. The van der Waals surface area contributed by atoms with Crippen LogP contribution in [0, 0.1) is 16.0 Å². The lowest BCUT2D eigenvalue weighted by molar-refractivity contribution is -0.384. The molecule has 2 aromatic carbocycles. The summed E-state index contributed by atoms with van der Waals surface area (Å²) in [5, 5.41) is 15.9. The highest BCUT2D eigenvalue weighted by atomic mass is 16.6. The third kappa shape index (κ3) is 4.28. The van der Waals surface area contributed by atoms with Crippen molar-refractivity contribution in [3.05, 3.63) is 70.4 Å². The molecule has 0 spiro atoms. The number of carbonyl (C=O) groups is 1. The van der Waals surface area contributed by atoms with Crippen LogP contribution in [-0.2, 0) is 0 Å². The van der Waals surface area contributed by atoms with Crippen molar-refractivity contribution in [2.24, 2.45) is 5.92 Å². The van der Waals surface area contributed by atoms with Crippen molar-refractivity contribution in [3.8, 4) is 22.7 Å². The smallest absolute Gasteiger partial charge is 0.272 e. The van der Waals surface area contributed by atoms with Crippen LogP contribution >= 0.6 is 0 Å². The quantitative estimate of drug-likeness (QED) is 0.453. The molecule has 0 N–H and O–H groups in total. The first-order valence-corrected chi connectivity index (χ1v) is 10.2. The molecule has 1 aliphatic heterocycles. The van der Waals surface area contributed by atoms with Crippen LogP contribution < -0.4 is 4.74 Å². The number of benzene rings is 2. The van der Waals surface area contributed by atoms with Gasteiger partial charge in [-0.3, -0.25) is 14.9 Å². The number of methoxy groups -OCH3 is 1. The van der Waals surface area contributed by atoms with Crippen LogP contribution in [0.3, 0.4) is 0 Å². The third-order valence-electron chi connectivity index (χ3n) is 5.67. The normalized spacial score (nSPS) is 14.5. The lowest BCUT2D eigenvalue weighted by Gasteiger charge is -2.30. The summed E-state index contributed by atoms with van der Waals surface area (Å²) in [7, 11) is 1.60. The van der Waals surface area contributed by atoms with Gasteiger partial charge < -0.3 is 9.64 Å². The van der Waals surface area contributed by atoms with Crippen molar-refractivity contribution in [2.45, 2.75) is 19.8 Å². The average Bonchev–Trinajstić information content (AvgIpc) is 3.25. The van der Waals surface area contributed by atoms with Gasteiger partial charge in [-0.15, -0.1) is 0 Å². The molecule has 3 aromatic rings. The summed E-state index contributed by atoms with van der Waals surface area (Å²) >= 11 is 0. The number of rotatable bonds is 5. The fraction of sp³-hybridized carbons (Fsp3) is 0.304. The SMILES string of the molecule is COc1ccc(-c2cc(C(=O)N3CCC(C)CC3)n(-c3cccc([N+](=O)[O-])c3)n2)cc1. The fourth-order valence-electron chi connectivity index (χ4n) is 3.75. The van der Waals surface area contributed by atoms with Crippen molar-refractivity contribution >= 4 is 11.6 Å². The number of nitrogens with zero attached hydrogens (tertiary/aromatic N) is 4. The van der Waals surface area contributed by atoms with Crippen LogP contribution in [0.5, 0.6) is 5.75 Å². The molecule has 1 aliphatic rings. The van der Waals surface area contributed by atoms with Gasteiger partial charge in [0.1, 0.15) is 11.4 Å². The number of carbonyl (C=O) groups excluding carboxylic acids is 1. The Morgan fingerprint density at radius 2 is 1.84 bits per heavy atom. The van der Waals surface area contributed by atoms with Gasteiger partial charge in [0.25, 0.3) is 11.6 Å². The molecule has 1 amide bonds. The summed E-state index contributed by atoms with van der Waals surface area (Å²) in [5.41, 5.74) is 2.25. The second-order valence-electron chi connectivity index (χ2n) is 7.81. The number of hydrogen-bond donors (Lipinski definition) is 0. The van der Waals surface area contributed by atoms with Crippen molar-refractivity contribution in [1.82, 2.24) is 14.7 Å². The summed E-state index contributed by atoms with van der Waals surface area (Å²) < 4.78 is 6.72. The number of piperidine rings is 1. The lowest BCUT2D eigenvalue weighted by atomic mass is 9.99. The maximum atomic E-state index is 13.4. The maximum absolute atomic E-state index is 13.4. The Bertz CT molecular complexity index is 1100. The fourth-order valence-corrected chi connectivity index (χ4v) is 3.75. The van der Waals surface area contributed by atoms with E-state index in [1.807, 2.05) is 29.2 Å². The Morgan fingerprint density at radius 3 is 2.48 bits per heavy atom. The van der Waals surface area contributed by atoms with Gasteiger partial charge in [0.15, 0.2) is 0 Å². The summed E-state index contributed by atoms with van der Waals surface area (Å²) in [4.78, 5) is 26.0. The monoisotopic (exact) mass is 420 g/mol.